The molecule has 0 bridgehead atoms. The number of nitrogens with zero attached hydrogens (tertiary/aromatic N) is 2. The molecule has 0 saturated carbocycles. The molecule has 21 heavy (non-hydrogen) atoms. The molecule has 0 saturated heterocycles. The number of rotatable bonds is 2. The lowest BCUT2D eigenvalue weighted by Crippen LogP contribution is -2.40. The molecular weight excluding hydrogens is 262 g/mol. The van der Waals surface area contributed by atoms with E-state index in [4.69, 9.17) is 0 Å². The highest BCUT2D eigenvalue weighted by Crippen LogP contribution is 2.24. The van der Waals surface area contributed by atoms with E-state index in [2.05, 4.69) is 42.5 Å². The molecule has 4 nitrogen and oxygen atoms in total. The molecule has 1 aromatic heterocycles. The van der Waals surface area contributed by atoms with Crippen LogP contribution in [0.4, 0.5) is 0 Å². The van der Waals surface area contributed by atoms with Crippen LogP contribution in [0.15, 0.2) is 24.3 Å². The third-order valence-electron chi connectivity index (χ3n) is 3.26. The molecule has 112 valence electrons. The average molecular weight is 285 g/mol. The van der Waals surface area contributed by atoms with Crippen molar-refractivity contribution < 1.29 is 4.79 Å². The van der Waals surface area contributed by atoms with Gasteiger partial charge in [-0.2, -0.15) is 5.10 Å². The highest BCUT2D eigenvalue weighted by Gasteiger charge is 2.19. The van der Waals surface area contributed by atoms with Gasteiger partial charge in [-0.05, 0) is 46.2 Å². The normalized spacial score (nSPS) is 11.5. The largest absolute Gasteiger partial charge is 0.346 e. The second kappa shape index (κ2) is 5.35. The molecule has 0 aliphatic heterocycles. The molecule has 2 aromatic rings. The molecule has 0 unspecified atom stereocenters. The Morgan fingerprint density at radius 3 is 2.43 bits per heavy atom. The van der Waals surface area contributed by atoms with E-state index in [1.807, 2.05) is 33.9 Å². The maximum absolute atomic E-state index is 12.2. The number of benzene rings is 1. The molecule has 0 radical (unpaired) electrons. The smallest absolute Gasteiger partial charge is 0.272 e. The summed E-state index contributed by atoms with van der Waals surface area (Å²) in [6.45, 7) is 10.0. The van der Waals surface area contributed by atoms with Crippen molar-refractivity contribution in [2.75, 3.05) is 0 Å². The van der Waals surface area contributed by atoms with Gasteiger partial charge in [0.25, 0.3) is 5.91 Å². The number of hydrogen-bond donors (Lipinski definition) is 1. The minimum Gasteiger partial charge on any atom is -0.346 e. The highest BCUT2D eigenvalue weighted by atomic mass is 16.2. The summed E-state index contributed by atoms with van der Waals surface area (Å²) in [6, 6.07) is 8.13. The van der Waals surface area contributed by atoms with Crippen molar-refractivity contribution in [2.45, 2.75) is 40.2 Å². The van der Waals surface area contributed by atoms with Crippen molar-refractivity contribution in [3.8, 4) is 11.3 Å². The molecule has 1 heterocycles. The van der Waals surface area contributed by atoms with Gasteiger partial charge in [0.2, 0.25) is 0 Å². The Hall–Kier alpha value is -2.10. The summed E-state index contributed by atoms with van der Waals surface area (Å²) in [5.74, 6) is -0.144. The number of amides is 1. The highest BCUT2D eigenvalue weighted by molar-refractivity contribution is 5.94. The Kier molecular flexibility index (Phi) is 3.90. The standard InChI is InChI=1S/C17H23N3O/c1-11-7-8-13(12(2)9-11)15-10-14(19-20(15)6)16(21)18-17(3,4)5/h7-10H,1-6H3,(H,18,21). The molecule has 0 spiro atoms. The molecular formula is C17H23N3O. The van der Waals surface area contributed by atoms with E-state index >= 15 is 0 Å². The number of aryl methyl sites for hydroxylation is 3. The summed E-state index contributed by atoms with van der Waals surface area (Å²) in [7, 11) is 1.86. The molecule has 1 N–H and O–H groups in total. The summed E-state index contributed by atoms with van der Waals surface area (Å²) < 4.78 is 1.76. The van der Waals surface area contributed by atoms with E-state index in [9.17, 15) is 4.79 Å². The first-order valence-electron chi connectivity index (χ1n) is 7.11. The molecule has 4 heteroatoms. The number of aromatic nitrogens is 2. The van der Waals surface area contributed by atoms with Crippen LogP contribution in [0.5, 0.6) is 0 Å². The lowest BCUT2D eigenvalue weighted by molar-refractivity contribution is 0.0913. The lowest BCUT2D eigenvalue weighted by atomic mass is 10.0. The van der Waals surface area contributed by atoms with E-state index in [1.165, 1.54) is 11.1 Å². The third kappa shape index (κ3) is 3.51. The van der Waals surface area contributed by atoms with Gasteiger partial charge in [0.15, 0.2) is 5.69 Å². The van der Waals surface area contributed by atoms with E-state index in [0.717, 1.165) is 11.3 Å². The van der Waals surface area contributed by atoms with Gasteiger partial charge >= 0.3 is 0 Å². The van der Waals surface area contributed by atoms with Gasteiger partial charge in [0, 0.05) is 18.2 Å². The quantitative estimate of drug-likeness (QED) is 0.921. The average Bonchev–Trinajstić information content (AvgIpc) is 2.69. The van der Waals surface area contributed by atoms with E-state index in [1.54, 1.807) is 4.68 Å². The monoisotopic (exact) mass is 285 g/mol. The lowest BCUT2D eigenvalue weighted by Gasteiger charge is -2.19. The van der Waals surface area contributed by atoms with Crippen LogP contribution < -0.4 is 5.32 Å². The van der Waals surface area contributed by atoms with E-state index in [-0.39, 0.29) is 11.4 Å². The third-order valence-corrected chi connectivity index (χ3v) is 3.26. The van der Waals surface area contributed by atoms with Gasteiger partial charge in [-0.1, -0.05) is 23.8 Å². The number of carbonyl (C=O) groups is 1. The van der Waals surface area contributed by atoms with Gasteiger partial charge in [0.1, 0.15) is 0 Å². The fourth-order valence-corrected chi connectivity index (χ4v) is 2.34. The Morgan fingerprint density at radius 2 is 1.86 bits per heavy atom. The van der Waals surface area contributed by atoms with Gasteiger partial charge in [-0.25, -0.2) is 0 Å². The van der Waals surface area contributed by atoms with Crippen molar-refractivity contribution in [1.29, 1.82) is 0 Å². The Morgan fingerprint density at radius 1 is 1.19 bits per heavy atom. The van der Waals surface area contributed by atoms with Gasteiger partial charge in [0.05, 0.1) is 5.69 Å². The Bertz CT molecular complexity index is 678. The number of carbonyl (C=O) groups excluding carboxylic acids is 1. The fourth-order valence-electron chi connectivity index (χ4n) is 2.34. The van der Waals surface area contributed by atoms with Gasteiger partial charge in [-0.15, -0.1) is 0 Å². The van der Waals surface area contributed by atoms with Crippen molar-refractivity contribution in [3.63, 3.8) is 0 Å². The Labute approximate surface area is 126 Å². The van der Waals surface area contributed by atoms with Gasteiger partial charge < -0.3 is 5.32 Å². The Balaban J connectivity index is 2.37. The van der Waals surface area contributed by atoms with Crippen LogP contribution in [0.2, 0.25) is 0 Å². The predicted molar refractivity (Wildman–Crippen MR) is 85.3 cm³/mol. The molecule has 1 amide bonds. The van der Waals surface area contributed by atoms with Gasteiger partial charge in [-0.3, -0.25) is 9.48 Å². The second-order valence-electron chi connectivity index (χ2n) is 6.56. The fraction of sp³-hybridized carbons (Fsp3) is 0.412. The zero-order valence-corrected chi connectivity index (χ0v) is 13.6. The first-order chi connectivity index (χ1) is 9.67. The maximum Gasteiger partial charge on any atom is 0.272 e. The topological polar surface area (TPSA) is 46.9 Å². The van der Waals surface area contributed by atoms with Crippen LogP contribution in [0, 0.1) is 13.8 Å². The maximum atomic E-state index is 12.2. The summed E-state index contributed by atoms with van der Waals surface area (Å²) in [4.78, 5) is 12.2. The minimum absolute atomic E-state index is 0.144. The van der Waals surface area contributed by atoms with Crippen LogP contribution >= 0.6 is 0 Å². The van der Waals surface area contributed by atoms with Crippen molar-refractivity contribution in [1.82, 2.24) is 15.1 Å². The minimum atomic E-state index is -0.269. The summed E-state index contributed by atoms with van der Waals surface area (Å²) >= 11 is 0. The van der Waals surface area contributed by atoms with Crippen molar-refractivity contribution in [2.24, 2.45) is 7.05 Å². The summed E-state index contributed by atoms with van der Waals surface area (Å²) in [5.41, 5.74) is 4.64. The van der Waals surface area contributed by atoms with Crippen LogP contribution in [0.25, 0.3) is 11.3 Å². The second-order valence-corrected chi connectivity index (χ2v) is 6.56. The van der Waals surface area contributed by atoms with E-state index in [0.29, 0.717) is 5.69 Å². The molecule has 0 atom stereocenters. The molecule has 0 aliphatic carbocycles. The van der Waals surface area contributed by atoms with Crippen LogP contribution in [-0.4, -0.2) is 21.2 Å². The zero-order valence-electron chi connectivity index (χ0n) is 13.6. The number of nitrogens with one attached hydrogen (secondary N) is 1. The number of hydrogen-bond acceptors (Lipinski definition) is 2. The molecule has 2 rings (SSSR count). The van der Waals surface area contributed by atoms with Crippen molar-refractivity contribution >= 4 is 5.91 Å². The summed E-state index contributed by atoms with van der Waals surface area (Å²) in [6.07, 6.45) is 0. The van der Waals surface area contributed by atoms with Crippen molar-refractivity contribution in [3.05, 3.63) is 41.1 Å². The van der Waals surface area contributed by atoms with Crippen LogP contribution in [0.1, 0.15) is 42.4 Å². The molecule has 0 aliphatic rings. The SMILES string of the molecule is Cc1ccc(-c2cc(C(=O)NC(C)(C)C)nn2C)c(C)c1. The summed E-state index contributed by atoms with van der Waals surface area (Å²) in [5, 5.41) is 7.28. The molecule has 1 aromatic carbocycles. The van der Waals surface area contributed by atoms with Crippen LogP contribution in [-0.2, 0) is 7.05 Å². The predicted octanol–water partition coefficient (Wildman–Crippen LogP) is 3.23. The van der Waals surface area contributed by atoms with Crippen LogP contribution in [0.3, 0.4) is 0 Å². The zero-order chi connectivity index (χ0) is 15.8. The molecule has 0 fully saturated rings. The van der Waals surface area contributed by atoms with E-state index < -0.39 is 0 Å². The first kappa shape index (κ1) is 15.3. The first-order valence-corrected chi connectivity index (χ1v) is 7.11.